The normalized spacial score (nSPS) is 14.0. The van der Waals surface area contributed by atoms with Gasteiger partial charge in [-0.2, -0.15) is 0 Å². The highest BCUT2D eigenvalue weighted by Gasteiger charge is 2.32. The average Bonchev–Trinajstić information content (AvgIpc) is 2.76. The summed E-state index contributed by atoms with van der Waals surface area (Å²) in [7, 11) is 0. The van der Waals surface area contributed by atoms with Gasteiger partial charge < -0.3 is 14.6 Å². The largest absolute Gasteiger partial charge is 0.457 e. The Bertz CT molecular complexity index is 846. The lowest BCUT2D eigenvalue weighted by atomic mass is 9.77. The Kier molecular flexibility index (Phi) is 6.05. The first-order valence-corrected chi connectivity index (χ1v) is 9.95. The molecular formula is C25H26O3. The minimum Gasteiger partial charge on any atom is -0.457 e. The molecular weight excluding hydrogens is 348 g/mol. The molecule has 0 bridgehead atoms. The third-order valence-corrected chi connectivity index (χ3v) is 5.41. The Labute approximate surface area is 166 Å². The Hall–Kier alpha value is -2.62. The van der Waals surface area contributed by atoms with Crippen LogP contribution in [0, 0.1) is 5.92 Å². The molecule has 1 aliphatic rings. The fourth-order valence-electron chi connectivity index (χ4n) is 4.03. The van der Waals surface area contributed by atoms with Gasteiger partial charge >= 0.3 is 0 Å². The first-order chi connectivity index (χ1) is 13.9. The van der Waals surface area contributed by atoms with E-state index in [1.165, 1.54) is 5.56 Å². The molecule has 0 radical (unpaired) electrons. The average molecular weight is 374 g/mol. The first-order valence-electron chi connectivity index (χ1n) is 9.95. The molecule has 1 N–H and O–H groups in total. The Morgan fingerprint density at radius 2 is 1.43 bits per heavy atom. The number of hydrogen-bond acceptors (Lipinski definition) is 3. The highest BCUT2D eigenvalue weighted by atomic mass is 16.5. The summed E-state index contributed by atoms with van der Waals surface area (Å²) in [6, 6.07) is 26.5. The van der Waals surface area contributed by atoms with Gasteiger partial charge in [-0.15, -0.1) is 0 Å². The van der Waals surface area contributed by atoms with Crippen molar-refractivity contribution < 1.29 is 14.6 Å². The number of aliphatic hydroxyl groups excluding tert-OH is 1. The molecule has 4 rings (SSSR count). The summed E-state index contributed by atoms with van der Waals surface area (Å²) in [6.07, 6.45) is 1.82. The van der Waals surface area contributed by atoms with Gasteiger partial charge in [0.05, 0.1) is 6.61 Å². The second-order valence-electron chi connectivity index (χ2n) is 7.28. The molecule has 0 aliphatic carbocycles. The van der Waals surface area contributed by atoms with Gasteiger partial charge in [0.15, 0.2) is 0 Å². The Morgan fingerprint density at radius 1 is 0.821 bits per heavy atom. The Morgan fingerprint density at radius 3 is 2.07 bits per heavy atom. The molecule has 0 spiro atoms. The molecule has 1 heterocycles. The molecule has 0 fully saturated rings. The molecule has 3 aromatic carbocycles. The predicted octanol–water partition coefficient (Wildman–Crippen LogP) is 5.53. The quantitative estimate of drug-likeness (QED) is 0.527. The number of fused-ring (bicyclic) bond motifs is 2. The standard InChI is InChI=1S/C25H26O3/c26-17-20(11-8-16-27-18-19-9-2-1-3-10-19)25-21-12-4-6-14-23(21)28-24-15-7-5-13-22(24)25/h1-7,9-10,12-15,20,25-26H,8,11,16-18H2/t20-/m0/s1. The highest BCUT2D eigenvalue weighted by Crippen LogP contribution is 2.48. The lowest BCUT2D eigenvalue weighted by Crippen LogP contribution is -2.22. The van der Waals surface area contributed by atoms with Gasteiger partial charge in [-0.25, -0.2) is 0 Å². The molecule has 3 heteroatoms. The fourth-order valence-corrected chi connectivity index (χ4v) is 4.03. The van der Waals surface area contributed by atoms with Crippen LogP contribution in [0.4, 0.5) is 0 Å². The van der Waals surface area contributed by atoms with Gasteiger partial charge in [-0.05, 0) is 36.5 Å². The van der Waals surface area contributed by atoms with Crippen LogP contribution in [0.3, 0.4) is 0 Å². The fraction of sp³-hybridized carbons (Fsp3) is 0.280. The summed E-state index contributed by atoms with van der Waals surface area (Å²) >= 11 is 0. The van der Waals surface area contributed by atoms with Crippen molar-refractivity contribution >= 4 is 0 Å². The maximum atomic E-state index is 10.2. The van der Waals surface area contributed by atoms with Crippen molar-refractivity contribution in [3.8, 4) is 11.5 Å². The molecule has 28 heavy (non-hydrogen) atoms. The van der Waals surface area contributed by atoms with Crippen LogP contribution in [0.5, 0.6) is 11.5 Å². The number of hydrogen-bond donors (Lipinski definition) is 1. The number of para-hydroxylation sites is 2. The van der Waals surface area contributed by atoms with E-state index in [2.05, 4.69) is 24.3 Å². The van der Waals surface area contributed by atoms with E-state index < -0.39 is 0 Å². The zero-order valence-corrected chi connectivity index (χ0v) is 16.0. The third-order valence-electron chi connectivity index (χ3n) is 5.41. The number of rotatable bonds is 8. The first kappa shape index (κ1) is 18.7. The van der Waals surface area contributed by atoms with E-state index in [9.17, 15) is 5.11 Å². The summed E-state index contributed by atoms with van der Waals surface area (Å²) in [4.78, 5) is 0. The summed E-state index contributed by atoms with van der Waals surface area (Å²) < 4.78 is 11.9. The van der Waals surface area contributed by atoms with Gasteiger partial charge in [0.25, 0.3) is 0 Å². The van der Waals surface area contributed by atoms with E-state index in [-0.39, 0.29) is 18.4 Å². The zero-order valence-electron chi connectivity index (χ0n) is 16.0. The lowest BCUT2D eigenvalue weighted by Gasteiger charge is -2.33. The van der Waals surface area contributed by atoms with Crippen LogP contribution in [0.1, 0.15) is 35.4 Å². The van der Waals surface area contributed by atoms with E-state index >= 15 is 0 Å². The summed E-state index contributed by atoms with van der Waals surface area (Å²) in [5, 5.41) is 10.2. The minimum absolute atomic E-state index is 0.131. The van der Waals surface area contributed by atoms with Gasteiger partial charge in [0.2, 0.25) is 0 Å². The molecule has 3 nitrogen and oxygen atoms in total. The van der Waals surface area contributed by atoms with Gasteiger partial charge in [0.1, 0.15) is 11.5 Å². The Balaban J connectivity index is 1.43. The van der Waals surface area contributed by atoms with Crippen molar-refractivity contribution in [1.29, 1.82) is 0 Å². The predicted molar refractivity (Wildman–Crippen MR) is 111 cm³/mol. The van der Waals surface area contributed by atoms with Crippen molar-refractivity contribution in [3.63, 3.8) is 0 Å². The molecule has 0 unspecified atom stereocenters. The summed E-state index contributed by atoms with van der Waals surface area (Å²) in [6.45, 7) is 1.47. The molecule has 3 aromatic rings. The second kappa shape index (κ2) is 9.05. The van der Waals surface area contributed by atoms with E-state index in [1.54, 1.807) is 0 Å². The number of benzene rings is 3. The highest BCUT2D eigenvalue weighted by molar-refractivity contribution is 5.53. The van der Waals surface area contributed by atoms with Crippen molar-refractivity contribution in [2.45, 2.75) is 25.4 Å². The molecule has 0 aromatic heterocycles. The number of ether oxygens (including phenoxy) is 2. The topological polar surface area (TPSA) is 38.7 Å². The van der Waals surface area contributed by atoms with E-state index in [1.807, 2.05) is 54.6 Å². The molecule has 144 valence electrons. The van der Waals surface area contributed by atoms with E-state index in [0.717, 1.165) is 35.5 Å². The molecule has 1 atom stereocenters. The monoisotopic (exact) mass is 374 g/mol. The zero-order chi connectivity index (χ0) is 19.2. The molecule has 0 amide bonds. The van der Waals surface area contributed by atoms with Gasteiger partial charge in [-0.1, -0.05) is 66.7 Å². The molecule has 1 aliphatic heterocycles. The van der Waals surface area contributed by atoms with Crippen LogP contribution in [0.25, 0.3) is 0 Å². The molecule has 0 saturated heterocycles. The minimum atomic E-state index is 0.131. The lowest BCUT2D eigenvalue weighted by molar-refractivity contribution is 0.107. The van der Waals surface area contributed by atoms with Crippen LogP contribution >= 0.6 is 0 Å². The van der Waals surface area contributed by atoms with Crippen molar-refractivity contribution in [2.75, 3.05) is 13.2 Å². The molecule has 0 saturated carbocycles. The van der Waals surface area contributed by atoms with Gasteiger partial charge in [0, 0.05) is 30.3 Å². The van der Waals surface area contributed by atoms with Crippen LogP contribution in [-0.4, -0.2) is 18.3 Å². The summed E-state index contributed by atoms with van der Waals surface area (Å²) in [5.74, 6) is 2.06. The summed E-state index contributed by atoms with van der Waals surface area (Å²) in [5.41, 5.74) is 3.50. The number of aliphatic hydroxyl groups is 1. The van der Waals surface area contributed by atoms with Crippen LogP contribution < -0.4 is 4.74 Å². The van der Waals surface area contributed by atoms with E-state index in [0.29, 0.717) is 13.2 Å². The van der Waals surface area contributed by atoms with Gasteiger partial charge in [-0.3, -0.25) is 0 Å². The third kappa shape index (κ3) is 4.11. The maximum absolute atomic E-state index is 10.2. The smallest absolute Gasteiger partial charge is 0.131 e. The van der Waals surface area contributed by atoms with Crippen LogP contribution in [-0.2, 0) is 11.3 Å². The van der Waals surface area contributed by atoms with E-state index in [4.69, 9.17) is 9.47 Å². The maximum Gasteiger partial charge on any atom is 0.131 e. The van der Waals surface area contributed by atoms with Crippen molar-refractivity contribution in [1.82, 2.24) is 0 Å². The van der Waals surface area contributed by atoms with Crippen LogP contribution in [0.15, 0.2) is 78.9 Å². The van der Waals surface area contributed by atoms with Crippen molar-refractivity contribution in [3.05, 3.63) is 95.6 Å². The SMILES string of the molecule is OC[C@H](CCCOCc1ccccc1)C1c2ccccc2Oc2ccccc21. The van der Waals surface area contributed by atoms with Crippen molar-refractivity contribution in [2.24, 2.45) is 5.92 Å². The van der Waals surface area contributed by atoms with Crippen LogP contribution in [0.2, 0.25) is 0 Å². The second-order valence-corrected chi connectivity index (χ2v) is 7.28.